The van der Waals surface area contributed by atoms with Gasteiger partial charge in [0, 0.05) is 6.54 Å². The van der Waals surface area contributed by atoms with E-state index in [9.17, 15) is 17.6 Å². The summed E-state index contributed by atoms with van der Waals surface area (Å²) >= 11 is 0. The Kier molecular flexibility index (Phi) is 4.18. The molecule has 0 aliphatic rings. The number of benzene rings is 2. The maximum absolute atomic E-state index is 13.1. The highest BCUT2D eigenvalue weighted by molar-refractivity contribution is 5.40. The van der Waals surface area contributed by atoms with E-state index in [1.165, 1.54) is 30.3 Å². The van der Waals surface area contributed by atoms with Crippen LogP contribution in [0.2, 0.25) is 0 Å². The maximum Gasteiger partial charge on any atom is 0.416 e. The number of rotatable bonds is 3. The van der Waals surface area contributed by atoms with E-state index in [0.29, 0.717) is 11.3 Å². The lowest BCUT2D eigenvalue weighted by Gasteiger charge is -2.14. The van der Waals surface area contributed by atoms with Gasteiger partial charge in [-0.1, -0.05) is 0 Å². The first kappa shape index (κ1) is 15.3. The third kappa shape index (κ3) is 3.52. The van der Waals surface area contributed by atoms with Crippen molar-refractivity contribution in [1.82, 2.24) is 0 Å². The molecule has 2 aromatic carbocycles. The molecular weight excluding hydrogens is 286 g/mol. The summed E-state index contributed by atoms with van der Waals surface area (Å²) < 4.78 is 56.8. The molecule has 0 aliphatic heterocycles. The molecule has 0 fully saturated rings. The second-order valence-electron chi connectivity index (χ2n) is 4.53. The van der Waals surface area contributed by atoms with Crippen molar-refractivity contribution in [2.24, 2.45) is 5.73 Å². The third-order valence-corrected chi connectivity index (χ3v) is 2.97. The number of alkyl halides is 3. The van der Waals surface area contributed by atoms with Gasteiger partial charge in [0.05, 0.1) is 5.56 Å². The quantitative estimate of drug-likeness (QED) is 0.852. The molecule has 0 radical (unpaired) electrons. The van der Waals surface area contributed by atoms with Crippen LogP contribution in [-0.2, 0) is 12.7 Å². The molecule has 0 amide bonds. The lowest BCUT2D eigenvalue weighted by atomic mass is 10.1. The molecule has 0 unspecified atom stereocenters. The summed E-state index contributed by atoms with van der Waals surface area (Å²) in [5, 5.41) is 0. The van der Waals surface area contributed by atoms with E-state index in [0.717, 1.165) is 6.07 Å². The predicted octanol–water partition coefficient (Wildman–Crippen LogP) is 4.40. The monoisotopic (exact) mass is 299 g/mol. The maximum atomic E-state index is 13.1. The normalized spacial score (nSPS) is 11.5. The molecule has 0 saturated heterocycles. The second-order valence-corrected chi connectivity index (χ2v) is 4.53. The van der Waals surface area contributed by atoms with Gasteiger partial charge in [-0.15, -0.1) is 0 Å². The van der Waals surface area contributed by atoms with E-state index in [1.54, 1.807) is 6.92 Å². The zero-order chi connectivity index (χ0) is 15.6. The SMILES string of the molecule is Cc1cc(Oc2ccc(C(F)(F)F)c(CN)c2)ccc1F. The van der Waals surface area contributed by atoms with Crippen molar-refractivity contribution in [2.45, 2.75) is 19.6 Å². The van der Waals surface area contributed by atoms with Gasteiger partial charge in [0.25, 0.3) is 0 Å². The molecule has 0 saturated carbocycles. The molecule has 2 rings (SSSR count). The van der Waals surface area contributed by atoms with Gasteiger partial charge >= 0.3 is 6.18 Å². The minimum absolute atomic E-state index is 0.0566. The molecule has 6 heteroatoms. The van der Waals surface area contributed by atoms with Crippen molar-refractivity contribution >= 4 is 0 Å². The van der Waals surface area contributed by atoms with Crippen molar-refractivity contribution in [1.29, 1.82) is 0 Å². The minimum atomic E-state index is -4.46. The number of aryl methyl sites for hydroxylation is 1. The Morgan fingerprint density at radius 2 is 1.67 bits per heavy atom. The van der Waals surface area contributed by atoms with Crippen LogP contribution in [0.1, 0.15) is 16.7 Å². The van der Waals surface area contributed by atoms with E-state index in [-0.39, 0.29) is 23.7 Å². The van der Waals surface area contributed by atoms with Crippen molar-refractivity contribution in [3.8, 4) is 11.5 Å². The Morgan fingerprint density at radius 1 is 1.05 bits per heavy atom. The van der Waals surface area contributed by atoms with Gasteiger partial charge in [0.2, 0.25) is 0 Å². The number of ether oxygens (including phenoxy) is 1. The van der Waals surface area contributed by atoms with Crippen molar-refractivity contribution < 1.29 is 22.3 Å². The van der Waals surface area contributed by atoms with Crippen LogP contribution in [0.15, 0.2) is 36.4 Å². The van der Waals surface area contributed by atoms with Crippen LogP contribution in [0.4, 0.5) is 17.6 Å². The number of halogens is 4. The van der Waals surface area contributed by atoms with Gasteiger partial charge < -0.3 is 10.5 Å². The molecule has 2 aromatic rings. The Morgan fingerprint density at radius 3 is 2.24 bits per heavy atom. The minimum Gasteiger partial charge on any atom is -0.457 e. The molecule has 112 valence electrons. The molecule has 0 atom stereocenters. The number of hydrogen-bond donors (Lipinski definition) is 1. The Balaban J connectivity index is 2.31. The second kappa shape index (κ2) is 5.73. The van der Waals surface area contributed by atoms with E-state index in [1.807, 2.05) is 0 Å². The van der Waals surface area contributed by atoms with Gasteiger partial charge in [0.15, 0.2) is 0 Å². The van der Waals surface area contributed by atoms with Crippen LogP contribution < -0.4 is 10.5 Å². The molecule has 0 bridgehead atoms. The van der Waals surface area contributed by atoms with E-state index >= 15 is 0 Å². The standard InChI is InChI=1S/C15H13F4NO/c1-9-6-11(3-5-14(9)16)21-12-2-4-13(15(17,18)19)10(7-12)8-20/h2-7H,8,20H2,1H3. The summed E-state index contributed by atoms with van der Waals surface area (Å²) in [5.41, 5.74) is 4.89. The number of hydrogen-bond acceptors (Lipinski definition) is 2. The topological polar surface area (TPSA) is 35.2 Å². The summed E-state index contributed by atoms with van der Waals surface area (Å²) in [6.45, 7) is 1.31. The first-order valence-corrected chi connectivity index (χ1v) is 6.15. The molecule has 0 spiro atoms. The van der Waals surface area contributed by atoms with Crippen molar-refractivity contribution in [3.05, 3.63) is 58.9 Å². The van der Waals surface area contributed by atoms with Crippen LogP contribution in [0.3, 0.4) is 0 Å². The Labute approximate surface area is 119 Å². The van der Waals surface area contributed by atoms with E-state index in [4.69, 9.17) is 10.5 Å². The fraction of sp³-hybridized carbons (Fsp3) is 0.200. The van der Waals surface area contributed by atoms with Gasteiger partial charge in [-0.25, -0.2) is 4.39 Å². The average molecular weight is 299 g/mol. The van der Waals surface area contributed by atoms with Crippen LogP contribution in [-0.4, -0.2) is 0 Å². The molecular formula is C15H13F4NO. The molecule has 0 aromatic heterocycles. The van der Waals surface area contributed by atoms with Gasteiger partial charge in [-0.2, -0.15) is 13.2 Å². The van der Waals surface area contributed by atoms with Crippen LogP contribution in [0.5, 0.6) is 11.5 Å². The Hall–Kier alpha value is -2.08. The molecule has 21 heavy (non-hydrogen) atoms. The summed E-state index contributed by atoms with van der Waals surface area (Å²) in [5.74, 6) is 0.184. The highest BCUT2D eigenvalue weighted by Crippen LogP contribution is 2.34. The molecule has 2 nitrogen and oxygen atoms in total. The summed E-state index contributed by atoms with van der Waals surface area (Å²) in [4.78, 5) is 0. The number of nitrogens with two attached hydrogens (primary N) is 1. The van der Waals surface area contributed by atoms with E-state index in [2.05, 4.69) is 0 Å². The highest BCUT2D eigenvalue weighted by atomic mass is 19.4. The Bertz CT molecular complexity index is 653. The van der Waals surface area contributed by atoms with Crippen LogP contribution >= 0.6 is 0 Å². The summed E-state index contributed by atoms with van der Waals surface area (Å²) in [6, 6.07) is 7.48. The third-order valence-electron chi connectivity index (χ3n) is 2.97. The van der Waals surface area contributed by atoms with Crippen molar-refractivity contribution in [2.75, 3.05) is 0 Å². The zero-order valence-electron chi connectivity index (χ0n) is 11.2. The summed E-state index contributed by atoms with van der Waals surface area (Å²) in [6.07, 6.45) is -4.46. The van der Waals surface area contributed by atoms with Crippen LogP contribution in [0, 0.1) is 12.7 Å². The lowest BCUT2D eigenvalue weighted by molar-refractivity contribution is -0.138. The molecule has 2 N–H and O–H groups in total. The predicted molar refractivity (Wildman–Crippen MR) is 70.5 cm³/mol. The highest BCUT2D eigenvalue weighted by Gasteiger charge is 2.33. The lowest BCUT2D eigenvalue weighted by Crippen LogP contribution is -2.11. The molecule has 0 heterocycles. The largest absolute Gasteiger partial charge is 0.457 e. The first-order chi connectivity index (χ1) is 9.81. The molecule has 0 aliphatic carbocycles. The first-order valence-electron chi connectivity index (χ1n) is 6.15. The van der Waals surface area contributed by atoms with Crippen molar-refractivity contribution in [3.63, 3.8) is 0 Å². The fourth-order valence-corrected chi connectivity index (χ4v) is 1.90. The van der Waals surface area contributed by atoms with Gasteiger partial charge in [0.1, 0.15) is 17.3 Å². The fourth-order valence-electron chi connectivity index (χ4n) is 1.90. The van der Waals surface area contributed by atoms with Gasteiger partial charge in [-0.05, 0) is 54.4 Å². The smallest absolute Gasteiger partial charge is 0.416 e. The van der Waals surface area contributed by atoms with Crippen LogP contribution in [0.25, 0.3) is 0 Å². The summed E-state index contributed by atoms with van der Waals surface area (Å²) in [7, 11) is 0. The van der Waals surface area contributed by atoms with E-state index < -0.39 is 11.7 Å². The average Bonchev–Trinajstić information content (AvgIpc) is 2.41. The zero-order valence-corrected chi connectivity index (χ0v) is 11.2. The van der Waals surface area contributed by atoms with Gasteiger partial charge in [-0.3, -0.25) is 0 Å².